The first-order chi connectivity index (χ1) is 7.24. The third-order valence-electron chi connectivity index (χ3n) is 2.58. The first kappa shape index (κ1) is 9.93. The van der Waals surface area contributed by atoms with Crippen LogP contribution in [0.1, 0.15) is 5.69 Å². The van der Waals surface area contributed by atoms with Gasteiger partial charge in [-0.3, -0.25) is 0 Å². The standard InChI is InChI=1S/C12H13FN2/c1-15-9(8-14)6-7-12(15)10-4-2-3-5-11(10)13/h2-7H,8,14H2,1H3. The van der Waals surface area contributed by atoms with E-state index in [0.29, 0.717) is 12.1 Å². The van der Waals surface area contributed by atoms with Crippen LogP contribution in [0.5, 0.6) is 0 Å². The van der Waals surface area contributed by atoms with Gasteiger partial charge in [0.2, 0.25) is 0 Å². The van der Waals surface area contributed by atoms with E-state index in [1.165, 1.54) is 6.07 Å². The highest BCUT2D eigenvalue weighted by molar-refractivity contribution is 5.61. The van der Waals surface area contributed by atoms with Gasteiger partial charge in [-0.2, -0.15) is 0 Å². The van der Waals surface area contributed by atoms with E-state index in [1.807, 2.05) is 29.8 Å². The minimum atomic E-state index is -0.206. The van der Waals surface area contributed by atoms with Crippen molar-refractivity contribution >= 4 is 0 Å². The zero-order valence-corrected chi connectivity index (χ0v) is 8.57. The second-order valence-corrected chi connectivity index (χ2v) is 3.45. The fourth-order valence-corrected chi connectivity index (χ4v) is 1.70. The highest BCUT2D eigenvalue weighted by atomic mass is 19.1. The number of hydrogen-bond acceptors (Lipinski definition) is 1. The van der Waals surface area contributed by atoms with Gasteiger partial charge in [-0.15, -0.1) is 0 Å². The Balaban J connectivity index is 2.55. The van der Waals surface area contributed by atoms with Crippen molar-refractivity contribution in [2.45, 2.75) is 6.54 Å². The summed E-state index contributed by atoms with van der Waals surface area (Å²) in [5.41, 5.74) is 8.03. The molecule has 2 N–H and O–H groups in total. The summed E-state index contributed by atoms with van der Waals surface area (Å²) in [4.78, 5) is 0. The molecule has 3 heteroatoms. The maximum absolute atomic E-state index is 13.5. The Morgan fingerprint density at radius 3 is 2.53 bits per heavy atom. The predicted octanol–water partition coefficient (Wildman–Crippen LogP) is 2.29. The van der Waals surface area contributed by atoms with Crippen LogP contribution in [0.3, 0.4) is 0 Å². The molecule has 0 aliphatic heterocycles. The largest absolute Gasteiger partial charge is 0.346 e. The van der Waals surface area contributed by atoms with E-state index in [-0.39, 0.29) is 5.82 Å². The minimum Gasteiger partial charge on any atom is -0.346 e. The van der Waals surface area contributed by atoms with Gasteiger partial charge in [-0.25, -0.2) is 4.39 Å². The van der Waals surface area contributed by atoms with E-state index in [1.54, 1.807) is 12.1 Å². The Kier molecular flexibility index (Phi) is 2.56. The third kappa shape index (κ3) is 1.66. The topological polar surface area (TPSA) is 30.9 Å². The lowest BCUT2D eigenvalue weighted by Crippen LogP contribution is -2.04. The quantitative estimate of drug-likeness (QED) is 0.799. The average Bonchev–Trinajstić information content (AvgIpc) is 2.60. The molecule has 0 amide bonds. The molecule has 0 atom stereocenters. The average molecular weight is 204 g/mol. The molecule has 0 radical (unpaired) electrons. The van der Waals surface area contributed by atoms with Gasteiger partial charge in [0.05, 0.1) is 5.69 Å². The third-order valence-corrected chi connectivity index (χ3v) is 2.58. The van der Waals surface area contributed by atoms with Gasteiger partial charge in [-0.1, -0.05) is 12.1 Å². The summed E-state index contributed by atoms with van der Waals surface area (Å²) in [6, 6.07) is 10.6. The molecule has 0 saturated carbocycles. The number of nitrogens with two attached hydrogens (primary N) is 1. The smallest absolute Gasteiger partial charge is 0.132 e. The summed E-state index contributed by atoms with van der Waals surface area (Å²) in [6.07, 6.45) is 0. The van der Waals surface area contributed by atoms with Crippen LogP contribution in [0.25, 0.3) is 11.3 Å². The van der Waals surface area contributed by atoms with E-state index in [9.17, 15) is 4.39 Å². The van der Waals surface area contributed by atoms with Crippen molar-refractivity contribution in [2.75, 3.05) is 0 Å². The number of nitrogens with zero attached hydrogens (tertiary/aromatic N) is 1. The Morgan fingerprint density at radius 1 is 1.20 bits per heavy atom. The molecule has 0 fully saturated rings. The molecular formula is C12H13FN2. The van der Waals surface area contributed by atoms with Crippen LogP contribution in [-0.2, 0) is 13.6 Å². The number of halogens is 1. The predicted molar refractivity (Wildman–Crippen MR) is 58.7 cm³/mol. The molecule has 2 aromatic rings. The maximum Gasteiger partial charge on any atom is 0.132 e. The van der Waals surface area contributed by atoms with E-state index in [4.69, 9.17) is 5.73 Å². The van der Waals surface area contributed by atoms with Gasteiger partial charge in [0, 0.05) is 24.8 Å². The van der Waals surface area contributed by atoms with E-state index >= 15 is 0 Å². The van der Waals surface area contributed by atoms with Crippen molar-refractivity contribution in [3.05, 3.63) is 47.9 Å². The van der Waals surface area contributed by atoms with Crippen LogP contribution in [0.4, 0.5) is 4.39 Å². The molecule has 0 aliphatic carbocycles. The molecule has 2 nitrogen and oxygen atoms in total. The van der Waals surface area contributed by atoms with Gasteiger partial charge < -0.3 is 10.3 Å². The maximum atomic E-state index is 13.5. The molecule has 15 heavy (non-hydrogen) atoms. The summed E-state index contributed by atoms with van der Waals surface area (Å²) < 4.78 is 15.4. The molecule has 0 saturated heterocycles. The van der Waals surface area contributed by atoms with Crippen LogP contribution < -0.4 is 5.73 Å². The van der Waals surface area contributed by atoms with Gasteiger partial charge >= 0.3 is 0 Å². The number of aromatic nitrogens is 1. The van der Waals surface area contributed by atoms with Crippen LogP contribution in [0.15, 0.2) is 36.4 Å². The minimum absolute atomic E-state index is 0.206. The van der Waals surface area contributed by atoms with E-state index in [2.05, 4.69) is 0 Å². The van der Waals surface area contributed by atoms with Gasteiger partial charge in [0.15, 0.2) is 0 Å². The van der Waals surface area contributed by atoms with Crippen LogP contribution in [0.2, 0.25) is 0 Å². The molecule has 0 aliphatic rings. The molecule has 2 rings (SSSR count). The van der Waals surface area contributed by atoms with Gasteiger partial charge in [0.1, 0.15) is 5.82 Å². The summed E-state index contributed by atoms with van der Waals surface area (Å²) in [5, 5.41) is 0. The molecule has 0 unspecified atom stereocenters. The van der Waals surface area contributed by atoms with Crippen molar-refractivity contribution in [1.82, 2.24) is 4.57 Å². The lowest BCUT2D eigenvalue weighted by molar-refractivity contribution is 0.629. The zero-order chi connectivity index (χ0) is 10.8. The van der Waals surface area contributed by atoms with Crippen molar-refractivity contribution in [3.63, 3.8) is 0 Å². The Hall–Kier alpha value is -1.61. The zero-order valence-electron chi connectivity index (χ0n) is 8.57. The number of benzene rings is 1. The molecule has 1 aromatic heterocycles. The van der Waals surface area contributed by atoms with Crippen LogP contribution >= 0.6 is 0 Å². The van der Waals surface area contributed by atoms with Gasteiger partial charge in [-0.05, 0) is 24.3 Å². The Labute approximate surface area is 88.1 Å². The van der Waals surface area contributed by atoms with Crippen molar-refractivity contribution in [3.8, 4) is 11.3 Å². The highest BCUT2D eigenvalue weighted by Gasteiger charge is 2.09. The monoisotopic (exact) mass is 204 g/mol. The Morgan fingerprint density at radius 2 is 1.93 bits per heavy atom. The second kappa shape index (κ2) is 3.87. The lowest BCUT2D eigenvalue weighted by atomic mass is 10.1. The summed E-state index contributed by atoms with van der Waals surface area (Å²) in [5.74, 6) is -0.206. The van der Waals surface area contributed by atoms with Crippen molar-refractivity contribution in [2.24, 2.45) is 12.8 Å². The second-order valence-electron chi connectivity index (χ2n) is 3.45. The molecular weight excluding hydrogens is 191 g/mol. The highest BCUT2D eigenvalue weighted by Crippen LogP contribution is 2.23. The van der Waals surface area contributed by atoms with Crippen molar-refractivity contribution in [1.29, 1.82) is 0 Å². The molecule has 0 bridgehead atoms. The number of hydrogen-bond donors (Lipinski definition) is 1. The normalized spacial score (nSPS) is 10.6. The summed E-state index contributed by atoms with van der Waals surface area (Å²) in [6.45, 7) is 0.463. The number of rotatable bonds is 2. The first-order valence-electron chi connectivity index (χ1n) is 4.83. The van der Waals surface area contributed by atoms with Crippen LogP contribution in [0, 0.1) is 5.82 Å². The SMILES string of the molecule is Cn1c(CN)ccc1-c1ccccc1F. The van der Waals surface area contributed by atoms with Crippen molar-refractivity contribution < 1.29 is 4.39 Å². The lowest BCUT2D eigenvalue weighted by Gasteiger charge is -2.07. The fraction of sp³-hybridized carbons (Fsp3) is 0.167. The molecule has 0 spiro atoms. The van der Waals surface area contributed by atoms with E-state index < -0.39 is 0 Å². The molecule has 78 valence electrons. The summed E-state index contributed by atoms with van der Waals surface area (Å²) in [7, 11) is 1.89. The summed E-state index contributed by atoms with van der Waals surface area (Å²) >= 11 is 0. The Bertz CT molecular complexity index is 474. The van der Waals surface area contributed by atoms with E-state index in [0.717, 1.165) is 11.4 Å². The van der Waals surface area contributed by atoms with Gasteiger partial charge in [0.25, 0.3) is 0 Å². The fourth-order valence-electron chi connectivity index (χ4n) is 1.70. The molecule has 1 aromatic carbocycles. The first-order valence-corrected chi connectivity index (χ1v) is 4.83. The van der Waals surface area contributed by atoms with Crippen LogP contribution in [-0.4, -0.2) is 4.57 Å². The molecule has 1 heterocycles.